The molecule has 1 heterocycles. The number of phenolic OH excluding ortho intramolecular Hbond substituents is 1. The molecular formula is C21H23N3O4. The van der Waals surface area contributed by atoms with Gasteiger partial charge in [0.2, 0.25) is 0 Å². The van der Waals surface area contributed by atoms with Crippen molar-refractivity contribution in [3.05, 3.63) is 66.0 Å². The monoisotopic (exact) mass is 381 g/mol. The standard InChI is InChI=1S/C21H23N3O4/c1-4-28-18-10-15(9-17(25)11-18)21(26)23-14(2)16-12-22-24(13-16)19-7-5-6-8-20(19)27-3/h5-14,25H,4H2,1-3H3,(H,23,26). The lowest BCUT2D eigenvalue weighted by molar-refractivity contribution is 0.0939. The van der Waals surface area contributed by atoms with Crippen molar-refractivity contribution in [2.75, 3.05) is 13.7 Å². The number of hydrogen-bond acceptors (Lipinski definition) is 5. The first-order chi connectivity index (χ1) is 13.5. The molecule has 1 atom stereocenters. The van der Waals surface area contributed by atoms with Gasteiger partial charge >= 0.3 is 0 Å². The average Bonchev–Trinajstić information content (AvgIpc) is 3.18. The van der Waals surface area contributed by atoms with Crippen LogP contribution in [0.15, 0.2) is 54.9 Å². The summed E-state index contributed by atoms with van der Waals surface area (Å²) in [5.41, 5.74) is 1.97. The minimum absolute atomic E-state index is 0.0206. The number of para-hydroxylation sites is 2. The molecule has 3 rings (SSSR count). The van der Waals surface area contributed by atoms with E-state index in [1.54, 1.807) is 24.1 Å². The van der Waals surface area contributed by atoms with Crippen molar-refractivity contribution in [1.29, 1.82) is 0 Å². The number of nitrogens with zero attached hydrogens (tertiary/aromatic N) is 2. The molecule has 7 nitrogen and oxygen atoms in total. The Hall–Kier alpha value is -3.48. The zero-order valence-corrected chi connectivity index (χ0v) is 16.0. The van der Waals surface area contributed by atoms with E-state index in [4.69, 9.17) is 9.47 Å². The predicted octanol–water partition coefficient (Wildman–Crippen LogP) is 3.48. The number of amides is 1. The van der Waals surface area contributed by atoms with Gasteiger partial charge in [0.1, 0.15) is 22.9 Å². The maximum absolute atomic E-state index is 12.6. The first kappa shape index (κ1) is 19.3. The topological polar surface area (TPSA) is 85.6 Å². The van der Waals surface area contributed by atoms with Gasteiger partial charge in [-0.05, 0) is 38.1 Å². The fourth-order valence-corrected chi connectivity index (χ4v) is 2.84. The van der Waals surface area contributed by atoms with Gasteiger partial charge in [-0.15, -0.1) is 0 Å². The molecular weight excluding hydrogens is 358 g/mol. The molecule has 0 bridgehead atoms. The van der Waals surface area contributed by atoms with E-state index in [9.17, 15) is 9.90 Å². The SMILES string of the molecule is CCOc1cc(O)cc(C(=O)NC(C)c2cnn(-c3ccccc3OC)c2)c1. The predicted molar refractivity (Wildman–Crippen MR) is 105 cm³/mol. The fraction of sp³-hybridized carbons (Fsp3) is 0.238. The highest BCUT2D eigenvalue weighted by Crippen LogP contribution is 2.24. The van der Waals surface area contributed by atoms with Crippen LogP contribution in [0, 0.1) is 0 Å². The second-order valence-corrected chi connectivity index (χ2v) is 6.23. The van der Waals surface area contributed by atoms with E-state index in [0.717, 1.165) is 11.3 Å². The van der Waals surface area contributed by atoms with Gasteiger partial charge in [0.25, 0.3) is 5.91 Å². The van der Waals surface area contributed by atoms with Gasteiger partial charge in [0.05, 0.1) is 26.0 Å². The Morgan fingerprint density at radius 2 is 2.07 bits per heavy atom. The van der Waals surface area contributed by atoms with E-state index in [2.05, 4.69) is 10.4 Å². The largest absolute Gasteiger partial charge is 0.508 e. The Morgan fingerprint density at radius 1 is 1.29 bits per heavy atom. The summed E-state index contributed by atoms with van der Waals surface area (Å²) in [5, 5.41) is 17.1. The lowest BCUT2D eigenvalue weighted by atomic mass is 10.1. The minimum Gasteiger partial charge on any atom is -0.508 e. The second-order valence-electron chi connectivity index (χ2n) is 6.23. The summed E-state index contributed by atoms with van der Waals surface area (Å²) in [7, 11) is 1.61. The summed E-state index contributed by atoms with van der Waals surface area (Å²) in [5.74, 6) is 0.823. The number of carbonyl (C=O) groups excluding carboxylic acids is 1. The summed E-state index contributed by atoms with van der Waals surface area (Å²) in [4.78, 5) is 12.6. The van der Waals surface area contributed by atoms with Crippen molar-refractivity contribution in [3.63, 3.8) is 0 Å². The highest BCUT2D eigenvalue weighted by molar-refractivity contribution is 5.95. The number of carbonyl (C=O) groups is 1. The summed E-state index contributed by atoms with van der Waals surface area (Å²) in [6.45, 7) is 4.15. The molecule has 1 unspecified atom stereocenters. The molecule has 3 aromatic rings. The molecule has 2 N–H and O–H groups in total. The number of nitrogens with one attached hydrogen (secondary N) is 1. The zero-order chi connectivity index (χ0) is 20.1. The third-order valence-electron chi connectivity index (χ3n) is 4.25. The highest BCUT2D eigenvalue weighted by atomic mass is 16.5. The van der Waals surface area contributed by atoms with Crippen LogP contribution in [0.25, 0.3) is 5.69 Å². The van der Waals surface area contributed by atoms with E-state index in [1.165, 1.54) is 12.1 Å². The molecule has 0 aliphatic rings. The van der Waals surface area contributed by atoms with Crippen LogP contribution in [-0.2, 0) is 0 Å². The molecule has 0 aliphatic heterocycles. The Labute approximate surface area is 163 Å². The zero-order valence-electron chi connectivity index (χ0n) is 16.0. The molecule has 0 radical (unpaired) electrons. The summed E-state index contributed by atoms with van der Waals surface area (Å²) >= 11 is 0. The van der Waals surface area contributed by atoms with Crippen LogP contribution in [0.2, 0.25) is 0 Å². The maximum Gasteiger partial charge on any atom is 0.252 e. The lowest BCUT2D eigenvalue weighted by Gasteiger charge is -2.13. The van der Waals surface area contributed by atoms with Crippen LogP contribution in [0.4, 0.5) is 0 Å². The molecule has 0 saturated carbocycles. The molecule has 146 valence electrons. The molecule has 0 saturated heterocycles. The van der Waals surface area contributed by atoms with E-state index >= 15 is 0 Å². The van der Waals surface area contributed by atoms with Crippen molar-refractivity contribution < 1.29 is 19.4 Å². The number of rotatable bonds is 7. The molecule has 1 amide bonds. The first-order valence-electron chi connectivity index (χ1n) is 8.97. The number of phenols is 1. The van der Waals surface area contributed by atoms with Gasteiger partial charge in [0, 0.05) is 23.4 Å². The number of ether oxygens (including phenoxy) is 2. The highest BCUT2D eigenvalue weighted by Gasteiger charge is 2.16. The van der Waals surface area contributed by atoms with Crippen LogP contribution >= 0.6 is 0 Å². The van der Waals surface area contributed by atoms with Gasteiger partial charge in [-0.25, -0.2) is 4.68 Å². The van der Waals surface area contributed by atoms with Crippen molar-refractivity contribution in [3.8, 4) is 22.9 Å². The number of aromatic hydroxyl groups is 1. The Morgan fingerprint density at radius 3 is 2.82 bits per heavy atom. The second kappa shape index (κ2) is 8.47. The van der Waals surface area contributed by atoms with E-state index < -0.39 is 0 Å². The molecule has 2 aromatic carbocycles. The fourth-order valence-electron chi connectivity index (χ4n) is 2.84. The van der Waals surface area contributed by atoms with Crippen molar-refractivity contribution in [2.24, 2.45) is 0 Å². The maximum atomic E-state index is 12.6. The van der Waals surface area contributed by atoms with Gasteiger partial charge in [-0.2, -0.15) is 5.10 Å². The van der Waals surface area contributed by atoms with Crippen LogP contribution in [0.5, 0.6) is 17.2 Å². The van der Waals surface area contributed by atoms with Gasteiger partial charge in [-0.3, -0.25) is 4.79 Å². The van der Waals surface area contributed by atoms with Crippen molar-refractivity contribution >= 4 is 5.91 Å². The van der Waals surface area contributed by atoms with E-state index in [0.29, 0.717) is 23.7 Å². The molecule has 28 heavy (non-hydrogen) atoms. The smallest absolute Gasteiger partial charge is 0.252 e. The lowest BCUT2D eigenvalue weighted by Crippen LogP contribution is -2.26. The summed E-state index contributed by atoms with van der Waals surface area (Å²) < 4.78 is 12.5. The van der Waals surface area contributed by atoms with E-state index in [1.807, 2.05) is 44.3 Å². The average molecular weight is 381 g/mol. The van der Waals surface area contributed by atoms with Crippen LogP contribution < -0.4 is 14.8 Å². The normalized spacial score (nSPS) is 11.7. The van der Waals surface area contributed by atoms with Crippen LogP contribution in [-0.4, -0.2) is 34.5 Å². The number of benzene rings is 2. The Kier molecular flexibility index (Phi) is 5.84. The van der Waals surface area contributed by atoms with Gasteiger partial charge in [0.15, 0.2) is 0 Å². The Bertz CT molecular complexity index is 968. The molecule has 1 aromatic heterocycles. The summed E-state index contributed by atoms with van der Waals surface area (Å²) in [6, 6.07) is 11.8. The van der Waals surface area contributed by atoms with E-state index in [-0.39, 0.29) is 17.7 Å². The molecule has 0 fully saturated rings. The van der Waals surface area contributed by atoms with Crippen LogP contribution in [0.1, 0.15) is 35.8 Å². The third-order valence-corrected chi connectivity index (χ3v) is 4.25. The van der Waals surface area contributed by atoms with Gasteiger partial charge < -0.3 is 19.9 Å². The summed E-state index contributed by atoms with van der Waals surface area (Å²) in [6.07, 6.45) is 3.54. The van der Waals surface area contributed by atoms with Crippen molar-refractivity contribution in [2.45, 2.75) is 19.9 Å². The molecule has 7 heteroatoms. The molecule has 0 spiro atoms. The van der Waals surface area contributed by atoms with Crippen LogP contribution in [0.3, 0.4) is 0 Å². The third kappa shape index (κ3) is 4.25. The first-order valence-corrected chi connectivity index (χ1v) is 8.97. The quantitative estimate of drug-likeness (QED) is 0.654. The van der Waals surface area contributed by atoms with Crippen molar-refractivity contribution in [1.82, 2.24) is 15.1 Å². The number of aromatic nitrogens is 2. The molecule has 0 aliphatic carbocycles. The number of hydrogen-bond donors (Lipinski definition) is 2. The van der Waals surface area contributed by atoms with Gasteiger partial charge in [-0.1, -0.05) is 12.1 Å². The Balaban J connectivity index is 1.76. The minimum atomic E-state index is -0.311. The number of methoxy groups -OCH3 is 1.